The summed E-state index contributed by atoms with van der Waals surface area (Å²) in [6, 6.07) is 0. The van der Waals surface area contributed by atoms with Gasteiger partial charge in [0.25, 0.3) is 0 Å². The van der Waals surface area contributed by atoms with Crippen molar-refractivity contribution in [3.8, 4) is 0 Å². The van der Waals surface area contributed by atoms with E-state index in [-0.39, 0.29) is 47.1 Å². The lowest BCUT2D eigenvalue weighted by molar-refractivity contribution is -0.140. The lowest BCUT2D eigenvalue weighted by Crippen LogP contribution is -2.23. The number of carbonyl (C=O) groups excluding carboxylic acids is 3. The summed E-state index contributed by atoms with van der Waals surface area (Å²) in [4.78, 5) is 47.0. The fraction of sp³-hybridized carbons (Fsp3) is 0.841. The molecule has 10 nitrogen and oxygen atoms in total. The molecule has 0 aromatic carbocycles. The van der Waals surface area contributed by atoms with Gasteiger partial charge in [-0.15, -0.1) is 0 Å². The second-order valence-corrected chi connectivity index (χ2v) is 26.2. The minimum absolute atomic E-state index is 0.157. The summed E-state index contributed by atoms with van der Waals surface area (Å²) in [5, 5.41) is 3.94. The van der Waals surface area contributed by atoms with Gasteiger partial charge in [-0.3, -0.25) is 24.4 Å². The first-order valence-electron chi connectivity index (χ1n) is 28.3. The number of oxime groups is 1. The molecule has 0 bridgehead atoms. The monoisotopic (exact) mass is 1100 g/mol. The molecule has 0 aliphatic heterocycles. The number of nitrogens with zero attached hydrogens (tertiary/aromatic N) is 4. The first-order chi connectivity index (χ1) is 33.7. The van der Waals surface area contributed by atoms with Crippen LogP contribution in [0.25, 0.3) is 0 Å². The number of rotatable bonds is 19. The molecule has 0 aliphatic rings. The highest BCUT2D eigenvalue weighted by Gasteiger charge is 2.20. The van der Waals surface area contributed by atoms with E-state index in [1.807, 2.05) is 69.5 Å². The summed E-state index contributed by atoms with van der Waals surface area (Å²) < 4.78 is 25.4. The van der Waals surface area contributed by atoms with E-state index in [9.17, 15) is 22.8 Å². The summed E-state index contributed by atoms with van der Waals surface area (Å²) in [6.07, 6.45) is 3.35. The number of Topliss-reactive ketones (excluding diaryl/α,β-unsaturated/α-hetero) is 3. The number of ketones is 3. The molecule has 0 amide bonds. The van der Waals surface area contributed by atoms with Crippen LogP contribution in [0.1, 0.15) is 228 Å². The fourth-order valence-corrected chi connectivity index (χ4v) is 8.46. The molecule has 0 unspecified atom stereocenters. The second kappa shape index (κ2) is 49.6. The van der Waals surface area contributed by atoms with Crippen LogP contribution < -0.4 is 0 Å². The number of sulfonamides is 1. The summed E-state index contributed by atoms with van der Waals surface area (Å²) in [5.41, 5.74) is 6.07. The number of allylic oxidation sites excluding steroid dienone is 2. The average Bonchev–Trinajstić information content (AvgIpc) is 3.24. The first kappa shape index (κ1) is 88.9. The van der Waals surface area contributed by atoms with E-state index in [0.717, 1.165) is 29.5 Å². The molecule has 0 aromatic rings. The molecule has 12 heteroatoms. The third-order valence-corrected chi connectivity index (χ3v) is 12.4. The molecule has 448 valence electrons. The lowest BCUT2D eigenvalue weighted by Gasteiger charge is -2.13. The molecule has 0 rings (SSSR count). The van der Waals surface area contributed by atoms with Gasteiger partial charge in [0.2, 0.25) is 21.6 Å². The topological polar surface area (TPSA) is 144 Å². The maximum absolute atomic E-state index is 10.9. The Morgan fingerprint density at radius 1 is 0.387 bits per heavy atom. The summed E-state index contributed by atoms with van der Waals surface area (Å²) in [5.74, 6) is 6.30. The van der Waals surface area contributed by atoms with Crippen molar-refractivity contribution in [2.45, 2.75) is 228 Å². The van der Waals surface area contributed by atoms with Crippen LogP contribution in [-0.4, -0.2) is 80.9 Å². The Balaban J connectivity index is -0.000000114. The number of hydrogen-bond acceptors (Lipinski definition) is 10. The van der Waals surface area contributed by atoms with Gasteiger partial charge in [0, 0.05) is 54.9 Å². The Hall–Kier alpha value is -2.73. The molecule has 0 aromatic heterocycles. The van der Waals surface area contributed by atoms with Crippen LogP contribution in [0, 0.1) is 94.7 Å². The Morgan fingerprint density at radius 2 is 0.627 bits per heavy atom. The van der Waals surface area contributed by atoms with E-state index < -0.39 is 10.0 Å². The van der Waals surface area contributed by atoms with Gasteiger partial charge in [0.1, 0.15) is 12.9 Å². The van der Waals surface area contributed by atoms with Crippen LogP contribution in [0.15, 0.2) is 31.2 Å². The van der Waals surface area contributed by atoms with E-state index >= 15 is 0 Å². The Labute approximate surface area is 474 Å². The van der Waals surface area contributed by atoms with Gasteiger partial charge in [-0.25, -0.2) is 8.42 Å². The quantitative estimate of drug-likeness (QED) is 0.0412. The lowest BCUT2D eigenvalue weighted by atomic mass is 9.93. The third-order valence-electron chi connectivity index (χ3n) is 11.0. The molecule has 0 fully saturated rings. The molecule has 0 atom stereocenters. The fourth-order valence-electron chi connectivity index (χ4n) is 7.65. The molecular weight excluding hydrogens is 973 g/mol. The third kappa shape index (κ3) is 54.4. The number of hydrogen-bond donors (Lipinski definition) is 0. The van der Waals surface area contributed by atoms with E-state index in [2.05, 4.69) is 171 Å². The van der Waals surface area contributed by atoms with Crippen LogP contribution in [0.2, 0.25) is 0 Å². The van der Waals surface area contributed by atoms with E-state index in [4.69, 9.17) is 17.1 Å². The van der Waals surface area contributed by atoms with Crippen molar-refractivity contribution in [1.82, 2.24) is 0 Å². The van der Waals surface area contributed by atoms with Gasteiger partial charge < -0.3 is 4.84 Å². The maximum atomic E-state index is 10.9. The van der Waals surface area contributed by atoms with E-state index in [1.54, 1.807) is 40.4 Å². The van der Waals surface area contributed by atoms with Gasteiger partial charge >= 0.3 is 0 Å². The molecule has 0 radical (unpaired) electrons. The van der Waals surface area contributed by atoms with Crippen molar-refractivity contribution in [1.29, 1.82) is 0 Å². The van der Waals surface area contributed by atoms with Gasteiger partial charge in [-0.1, -0.05) is 251 Å². The van der Waals surface area contributed by atoms with Crippen LogP contribution in [0.4, 0.5) is 0 Å². The van der Waals surface area contributed by atoms with Gasteiger partial charge in [-0.2, -0.15) is 4.40 Å². The first-order valence-corrected chi connectivity index (χ1v) is 30.6. The van der Waals surface area contributed by atoms with Crippen LogP contribution >= 0.6 is 12.2 Å². The van der Waals surface area contributed by atoms with Crippen molar-refractivity contribution >= 4 is 67.3 Å². The van der Waals surface area contributed by atoms with Crippen molar-refractivity contribution in [2.24, 2.45) is 114 Å². The normalized spacial score (nSPS) is 10.8. The van der Waals surface area contributed by atoms with Crippen LogP contribution in [0.5, 0.6) is 0 Å². The molecule has 75 heavy (non-hydrogen) atoms. The zero-order valence-electron chi connectivity index (χ0n) is 56.4. The van der Waals surface area contributed by atoms with Crippen LogP contribution in [0.3, 0.4) is 0 Å². The molecule has 0 saturated heterocycles. The standard InChI is InChI=1S/C9H18.C8H17NO2S.C8H17NO.2C8H17N.C8H14O2.C7H14O.C7H14S/c1-6-9(7(2)3)8(4)5;1-6(2)8(7(3)4)9-12(5,10)11;1-6(2)8(7(3)4)9-10-5;2*1-6(2)8(9-5)7(3)4;1-5(2)7(9)8(10)6(3)4;2*1-5(2)7(8)6(3)4/h6-8H,1-5H3;6-7H,1-5H3;6-7H,1-5H3;2*6-7H,1-5H3;5-6H,1-4H3;2*5-6H,1-4H3. The number of aliphatic imine (C=N–C) groups is 2. The highest BCUT2D eigenvalue weighted by Crippen LogP contribution is 2.18. The van der Waals surface area contributed by atoms with Crippen molar-refractivity contribution in [3.05, 3.63) is 11.6 Å². The zero-order chi connectivity index (χ0) is 62.2. The van der Waals surface area contributed by atoms with Crippen molar-refractivity contribution in [2.75, 3.05) is 27.5 Å². The molecule has 0 heterocycles. The smallest absolute Gasteiger partial charge is 0.250 e. The SMILES string of the molecule is CC(C)C(=NS(C)(=O)=O)C(C)C.CC(C)C(=O)C(=O)C(C)C.CC(C)C(=O)C(C)C.CC(C)C(=S)C(C)C.CC=C(C(C)C)C(C)C.CN=C(C(C)C)C(C)C.CN=C(C(C)C)C(C)C.CON=C(C(C)C)C(C)C. The Bertz CT molecular complexity index is 1570. The predicted octanol–water partition coefficient (Wildman–Crippen LogP) is 18.0. The number of thiocarbonyl (C=S) groups is 1. The largest absolute Gasteiger partial charge is 0.399 e. The second-order valence-electron chi connectivity index (χ2n) is 24.0. The summed E-state index contributed by atoms with van der Waals surface area (Å²) >= 11 is 5.10. The molecule has 0 spiro atoms. The van der Waals surface area contributed by atoms with Crippen molar-refractivity contribution in [3.63, 3.8) is 0 Å². The van der Waals surface area contributed by atoms with E-state index in [1.165, 1.54) is 16.3 Å². The van der Waals surface area contributed by atoms with Gasteiger partial charge in [0.05, 0.1) is 12.0 Å². The maximum Gasteiger partial charge on any atom is 0.250 e. The summed E-state index contributed by atoms with van der Waals surface area (Å²) in [7, 11) is 2.10. The van der Waals surface area contributed by atoms with Gasteiger partial charge in [0.15, 0.2) is 0 Å². The highest BCUT2D eigenvalue weighted by atomic mass is 32.2. The molecule has 0 N–H and O–H groups in total. The number of carbonyl (C=O) groups is 3. The zero-order valence-corrected chi connectivity index (χ0v) is 58.0. The Morgan fingerprint density at radius 3 is 0.667 bits per heavy atom. The minimum atomic E-state index is -3.23. The molecular formula is C63H128N4O6S2. The highest BCUT2D eigenvalue weighted by molar-refractivity contribution is 7.89. The van der Waals surface area contributed by atoms with E-state index in [0.29, 0.717) is 53.1 Å². The van der Waals surface area contributed by atoms with Gasteiger partial charge in [-0.05, 0) is 82.8 Å². The van der Waals surface area contributed by atoms with Crippen LogP contribution in [-0.2, 0) is 29.2 Å². The van der Waals surface area contributed by atoms with Crippen molar-refractivity contribution < 1.29 is 27.6 Å². The molecule has 0 aliphatic carbocycles. The molecule has 0 saturated carbocycles. The average molecular weight is 1100 g/mol. The Kier molecular flexibility index (Phi) is 58.7. The summed E-state index contributed by atoms with van der Waals surface area (Å²) in [6.45, 7) is 68.1. The predicted molar refractivity (Wildman–Crippen MR) is 342 cm³/mol. The minimum Gasteiger partial charge on any atom is -0.399 e.